The molecule has 1 heterocycles. The van der Waals surface area contributed by atoms with Gasteiger partial charge in [0.2, 0.25) is 5.91 Å². The van der Waals surface area contributed by atoms with E-state index in [4.69, 9.17) is 0 Å². The molecule has 0 bridgehead atoms. The second-order valence-corrected chi connectivity index (χ2v) is 5.93. The number of rotatable bonds is 6. The van der Waals surface area contributed by atoms with Crippen molar-refractivity contribution in [2.75, 3.05) is 10.6 Å². The van der Waals surface area contributed by atoms with Crippen molar-refractivity contribution in [3.05, 3.63) is 83.7 Å². The van der Waals surface area contributed by atoms with Crippen molar-refractivity contribution in [2.24, 2.45) is 0 Å². The molecule has 1 amide bonds. The molecule has 0 saturated heterocycles. The number of nitrogens with zero attached hydrogens (tertiary/aromatic N) is 2. The largest absolute Gasteiger partial charge is 0.362 e. The Kier molecular flexibility index (Phi) is 5.53. The van der Waals surface area contributed by atoms with E-state index in [1.807, 2.05) is 37.3 Å². The number of hydrogen-bond acceptors (Lipinski definition) is 4. The topological polar surface area (TPSA) is 66.9 Å². The van der Waals surface area contributed by atoms with Gasteiger partial charge in [0.25, 0.3) is 0 Å². The smallest absolute Gasteiger partial charge is 0.229 e. The van der Waals surface area contributed by atoms with Crippen molar-refractivity contribution in [3.63, 3.8) is 0 Å². The summed E-state index contributed by atoms with van der Waals surface area (Å²) >= 11 is 0. The zero-order valence-electron chi connectivity index (χ0n) is 14.3. The molecule has 1 aromatic heterocycles. The molecule has 0 fully saturated rings. The highest BCUT2D eigenvalue weighted by Gasteiger charge is 2.08. The van der Waals surface area contributed by atoms with Crippen molar-refractivity contribution in [2.45, 2.75) is 19.4 Å². The van der Waals surface area contributed by atoms with Gasteiger partial charge >= 0.3 is 0 Å². The number of carbonyl (C=O) groups is 1. The number of anilines is 2. The monoisotopic (exact) mass is 350 g/mol. The van der Waals surface area contributed by atoms with Crippen LogP contribution >= 0.6 is 0 Å². The predicted molar refractivity (Wildman–Crippen MR) is 99.2 cm³/mol. The molecule has 1 atom stereocenters. The molecule has 5 nitrogen and oxygen atoms in total. The Balaban J connectivity index is 1.55. The van der Waals surface area contributed by atoms with E-state index < -0.39 is 0 Å². The summed E-state index contributed by atoms with van der Waals surface area (Å²) in [6.07, 6.45) is 0.146. The van der Waals surface area contributed by atoms with E-state index in [0.29, 0.717) is 11.6 Å². The summed E-state index contributed by atoms with van der Waals surface area (Å²) in [6.45, 7) is 2.04. The number of amides is 1. The first-order valence-corrected chi connectivity index (χ1v) is 8.29. The number of carbonyl (C=O) groups excluding carboxylic acids is 1. The van der Waals surface area contributed by atoms with Gasteiger partial charge in [0.05, 0.1) is 6.42 Å². The number of hydrogen-bond donors (Lipinski definition) is 2. The van der Waals surface area contributed by atoms with Gasteiger partial charge in [0, 0.05) is 6.04 Å². The van der Waals surface area contributed by atoms with Gasteiger partial charge in [0.15, 0.2) is 5.82 Å². The summed E-state index contributed by atoms with van der Waals surface area (Å²) < 4.78 is 12.9. The molecular weight excluding hydrogens is 331 g/mol. The second-order valence-electron chi connectivity index (χ2n) is 5.93. The lowest BCUT2D eigenvalue weighted by Crippen LogP contribution is -2.16. The SMILES string of the molecule is CC(Nc1ccc(NC(=O)Cc2ccc(F)cc2)nn1)c1ccccc1. The van der Waals surface area contributed by atoms with Gasteiger partial charge in [-0.25, -0.2) is 4.39 Å². The fourth-order valence-corrected chi connectivity index (χ4v) is 2.50. The van der Waals surface area contributed by atoms with Crippen LogP contribution in [0.4, 0.5) is 16.0 Å². The first-order valence-electron chi connectivity index (χ1n) is 8.29. The maximum absolute atomic E-state index is 12.9. The minimum Gasteiger partial charge on any atom is -0.362 e. The van der Waals surface area contributed by atoms with E-state index in [-0.39, 0.29) is 24.2 Å². The van der Waals surface area contributed by atoms with Crippen LogP contribution in [0.1, 0.15) is 24.1 Å². The molecule has 3 aromatic rings. The lowest BCUT2D eigenvalue weighted by molar-refractivity contribution is -0.115. The Labute approximate surface area is 151 Å². The molecule has 132 valence electrons. The van der Waals surface area contributed by atoms with Crippen molar-refractivity contribution in [3.8, 4) is 0 Å². The Hall–Kier alpha value is -3.28. The van der Waals surface area contributed by atoms with Crippen LogP contribution in [-0.4, -0.2) is 16.1 Å². The summed E-state index contributed by atoms with van der Waals surface area (Å²) in [5.41, 5.74) is 1.87. The lowest BCUT2D eigenvalue weighted by Gasteiger charge is -2.14. The number of halogens is 1. The van der Waals surface area contributed by atoms with Crippen molar-refractivity contribution < 1.29 is 9.18 Å². The third-order valence-corrected chi connectivity index (χ3v) is 3.87. The van der Waals surface area contributed by atoms with Crippen molar-refractivity contribution in [1.29, 1.82) is 0 Å². The van der Waals surface area contributed by atoms with Crippen molar-refractivity contribution in [1.82, 2.24) is 10.2 Å². The Morgan fingerprint density at radius 1 is 0.962 bits per heavy atom. The zero-order chi connectivity index (χ0) is 18.4. The third-order valence-electron chi connectivity index (χ3n) is 3.87. The highest BCUT2D eigenvalue weighted by molar-refractivity contribution is 5.91. The van der Waals surface area contributed by atoms with Crippen LogP contribution in [0.15, 0.2) is 66.7 Å². The summed E-state index contributed by atoms with van der Waals surface area (Å²) in [7, 11) is 0. The average molecular weight is 350 g/mol. The van der Waals surface area contributed by atoms with E-state index in [1.165, 1.54) is 12.1 Å². The molecule has 0 aliphatic carbocycles. The van der Waals surface area contributed by atoms with Crippen LogP contribution in [0.5, 0.6) is 0 Å². The van der Waals surface area contributed by atoms with Crippen molar-refractivity contribution >= 4 is 17.5 Å². The standard InChI is InChI=1S/C20H19FN4O/c1-14(16-5-3-2-4-6-16)22-18-11-12-19(25-24-18)23-20(26)13-15-7-9-17(21)10-8-15/h2-12,14H,13H2,1H3,(H,22,24)(H,23,25,26). The van der Waals surface area contributed by atoms with Crippen LogP contribution < -0.4 is 10.6 Å². The molecule has 0 spiro atoms. The van der Waals surface area contributed by atoms with E-state index >= 15 is 0 Å². The Morgan fingerprint density at radius 2 is 1.62 bits per heavy atom. The van der Waals surface area contributed by atoms with Gasteiger partial charge in [0.1, 0.15) is 11.6 Å². The molecule has 6 heteroatoms. The van der Waals surface area contributed by atoms with Gasteiger partial charge in [-0.15, -0.1) is 10.2 Å². The van der Waals surface area contributed by atoms with Gasteiger partial charge in [-0.05, 0) is 42.3 Å². The predicted octanol–water partition coefficient (Wildman–Crippen LogP) is 3.97. The second kappa shape index (κ2) is 8.20. The van der Waals surface area contributed by atoms with Crippen LogP contribution in [0.2, 0.25) is 0 Å². The van der Waals surface area contributed by atoms with Crippen LogP contribution in [-0.2, 0) is 11.2 Å². The van der Waals surface area contributed by atoms with Gasteiger partial charge in [-0.1, -0.05) is 42.5 Å². The normalized spacial score (nSPS) is 11.6. The highest BCUT2D eigenvalue weighted by Crippen LogP contribution is 2.17. The summed E-state index contributed by atoms with van der Waals surface area (Å²) in [6, 6.07) is 19.4. The molecule has 1 unspecified atom stereocenters. The maximum Gasteiger partial charge on any atom is 0.229 e. The minimum atomic E-state index is -0.326. The minimum absolute atomic E-state index is 0.0874. The molecule has 3 rings (SSSR count). The number of nitrogens with one attached hydrogen (secondary N) is 2. The third kappa shape index (κ3) is 4.86. The van der Waals surface area contributed by atoms with E-state index in [1.54, 1.807) is 24.3 Å². The summed E-state index contributed by atoms with van der Waals surface area (Å²) in [5, 5.41) is 14.1. The number of benzene rings is 2. The molecule has 0 saturated carbocycles. The lowest BCUT2D eigenvalue weighted by atomic mass is 10.1. The van der Waals surface area contributed by atoms with Gasteiger partial charge < -0.3 is 10.6 Å². The van der Waals surface area contributed by atoms with Crippen LogP contribution in [0, 0.1) is 5.82 Å². The molecule has 2 N–H and O–H groups in total. The van der Waals surface area contributed by atoms with E-state index in [0.717, 1.165) is 11.1 Å². The zero-order valence-corrected chi connectivity index (χ0v) is 14.3. The van der Waals surface area contributed by atoms with Crippen LogP contribution in [0.25, 0.3) is 0 Å². The Morgan fingerprint density at radius 3 is 2.27 bits per heavy atom. The number of aromatic nitrogens is 2. The Bertz CT molecular complexity index is 851. The molecule has 2 aromatic carbocycles. The fraction of sp³-hybridized carbons (Fsp3) is 0.150. The first kappa shape index (κ1) is 17.5. The molecular formula is C20H19FN4O. The average Bonchev–Trinajstić information content (AvgIpc) is 2.66. The van der Waals surface area contributed by atoms with Gasteiger partial charge in [-0.3, -0.25) is 4.79 Å². The van der Waals surface area contributed by atoms with E-state index in [9.17, 15) is 9.18 Å². The summed E-state index contributed by atoms with van der Waals surface area (Å²) in [4.78, 5) is 12.0. The molecule has 0 aliphatic rings. The molecule has 0 aliphatic heterocycles. The maximum atomic E-state index is 12.9. The summed E-state index contributed by atoms with van der Waals surface area (Å²) in [5.74, 6) is 0.435. The fourth-order valence-electron chi connectivity index (χ4n) is 2.50. The molecule has 0 radical (unpaired) electrons. The van der Waals surface area contributed by atoms with E-state index in [2.05, 4.69) is 20.8 Å². The quantitative estimate of drug-likeness (QED) is 0.706. The van der Waals surface area contributed by atoms with Gasteiger partial charge in [-0.2, -0.15) is 0 Å². The van der Waals surface area contributed by atoms with Crippen LogP contribution in [0.3, 0.4) is 0 Å². The molecule has 26 heavy (non-hydrogen) atoms. The first-order chi connectivity index (χ1) is 12.6. The highest BCUT2D eigenvalue weighted by atomic mass is 19.1.